The molecule has 80 valence electrons. The third-order valence-corrected chi connectivity index (χ3v) is 2.53. The second kappa shape index (κ2) is 4.67. The van der Waals surface area contributed by atoms with Crippen molar-refractivity contribution in [3.8, 4) is 0 Å². The average molecular weight is 210 g/mol. The van der Waals surface area contributed by atoms with Crippen molar-refractivity contribution in [3.63, 3.8) is 0 Å². The van der Waals surface area contributed by atoms with E-state index in [0.29, 0.717) is 0 Å². The first-order valence-electron chi connectivity index (χ1n) is 5.28. The highest BCUT2D eigenvalue weighted by atomic mass is 16.3. The van der Waals surface area contributed by atoms with Gasteiger partial charge in [-0.2, -0.15) is 0 Å². The first-order valence-corrected chi connectivity index (χ1v) is 5.28. The van der Waals surface area contributed by atoms with Crippen LogP contribution in [0.3, 0.4) is 0 Å². The standard InChI is InChI=1S/C15H14O/c1-12(16)15-10-8-14(9-11-15)7-6-13-4-2-3-5-13/h2-4,6-11,16H,1,5H2/b7-6-. The highest BCUT2D eigenvalue weighted by Gasteiger charge is 1.96. The summed E-state index contributed by atoms with van der Waals surface area (Å²) in [5.41, 5.74) is 3.20. The molecule has 0 saturated heterocycles. The third-order valence-electron chi connectivity index (χ3n) is 2.53. The maximum absolute atomic E-state index is 9.19. The Balaban J connectivity index is 2.08. The van der Waals surface area contributed by atoms with Crippen LogP contribution in [0.15, 0.2) is 60.7 Å². The summed E-state index contributed by atoms with van der Waals surface area (Å²) >= 11 is 0. The molecule has 0 aromatic heterocycles. The second-order valence-corrected chi connectivity index (χ2v) is 3.78. The van der Waals surface area contributed by atoms with E-state index < -0.39 is 0 Å². The van der Waals surface area contributed by atoms with Crippen LogP contribution in [0.25, 0.3) is 11.8 Å². The van der Waals surface area contributed by atoms with Crippen molar-refractivity contribution in [1.82, 2.24) is 0 Å². The van der Waals surface area contributed by atoms with Gasteiger partial charge < -0.3 is 5.11 Å². The van der Waals surface area contributed by atoms with E-state index in [-0.39, 0.29) is 5.76 Å². The Morgan fingerprint density at radius 2 is 1.94 bits per heavy atom. The Morgan fingerprint density at radius 1 is 1.19 bits per heavy atom. The number of aliphatic hydroxyl groups excluding tert-OH is 1. The number of rotatable bonds is 3. The molecule has 1 aliphatic carbocycles. The number of benzene rings is 1. The lowest BCUT2D eigenvalue weighted by Gasteiger charge is -1.99. The second-order valence-electron chi connectivity index (χ2n) is 3.78. The Labute approximate surface area is 95.7 Å². The van der Waals surface area contributed by atoms with E-state index in [1.165, 1.54) is 5.57 Å². The Morgan fingerprint density at radius 3 is 2.50 bits per heavy atom. The summed E-state index contributed by atoms with van der Waals surface area (Å²) in [5.74, 6) is 0.109. The van der Waals surface area contributed by atoms with E-state index in [0.717, 1.165) is 17.5 Å². The molecular formula is C15H14O. The van der Waals surface area contributed by atoms with Gasteiger partial charge in [-0.1, -0.05) is 61.2 Å². The molecule has 0 heterocycles. The van der Waals surface area contributed by atoms with Crippen LogP contribution in [-0.4, -0.2) is 5.11 Å². The fourth-order valence-corrected chi connectivity index (χ4v) is 1.58. The summed E-state index contributed by atoms with van der Waals surface area (Å²) in [5, 5.41) is 9.19. The van der Waals surface area contributed by atoms with E-state index in [9.17, 15) is 5.11 Å². The van der Waals surface area contributed by atoms with Crippen LogP contribution in [0.5, 0.6) is 0 Å². The molecule has 1 aromatic carbocycles. The molecule has 0 amide bonds. The van der Waals surface area contributed by atoms with E-state index in [4.69, 9.17) is 0 Å². The van der Waals surface area contributed by atoms with Crippen LogP contribution < -0.4 is 0 Å². The van der Waals surface area contributed by atoms with Crippen LogP contribution in [0.1, 0.15) is 17.5 Å². The number of hydrogen-bond donors (Lipinski definition) is 1. The lowest BCUT2D eigenvalue weighted by Crippen LogP contribution is -1.80. The van der Waals surface area contributed by atoms with Crippen LogP contribution in [0.2, 0.25) is 0 Å². The van der Waals surface area contributed by atoms with Crippen LogP contribution in [0, 0.1) is 0 Å². The van der Waals surface area contributed by atoms with Crippen molar-refractivity contribution in [2.24, 2.45) is 0 Å². The molecule has 0 atom stereocenters. The zero-order chi connectivity index (χ0) is 11.4. The molecular weight excluding hydrogens is 196 g/mol. The molecule has 1 heteroatoms. The molecule has 1 N–H and O–H groups in total. The minimum atomic E-state index is 0.109. The summed E-state index contributed by atoms with van der Waals surface area (Å²) < 4.78 is 0. The lowest BCUT2D eigenvalue weighted by atomic mass is 10.1. The summed E-state index contributed by atoms with van der Waals surface area (Å²) in [6, 6.07) is 7.67. The van der Waals surface area contributed by atoms with Crippen molar-refractivity contribution in [2.45, 2.75) is 6.42 Å². The fraction of sp³-hybridized carbons (Fsp3) is 0.0667. The molecule has 0 saturated carbocycles. The van der Waals surface area contributed by atoms with Gasteiger partial charge in [-0.05, 0) is 17.6 Å². The summed E-state index contributed by atoms with van der Waals surface area (Å²) in [4.78, 5) is 0. The minimum absolute atomic E-state index is 0.109. The van der Waals surface area contributed by atoms with E-state index >= 15 is 0 Å². The zero-order valence-corrected chi connectivity index (χ0v) is 9.06. The van der Waals surface area contributed by atoms with E-state index in [1.54, 1.807) is 0 Å². The lowest BCUT2D eigenvalue weighted by molar-refractivity contribution is 0.514. The van der Waals surface area contributed by atoms with Gasteiger partial charge in [0.25, 0.3) is 0 Å². The molecule has 2 rings (SSSR count). The first-order chi connectivity index (χ1) is 7.75. The van der Waals surface area contributed by atoms with Crippen molar-refractivity contribution in [3.05, 3.63) is 71.8 Å². The van der Waals surface area contributed by atoms with Crippen molar-refractivity contribution >= 4 is 11.8 Å². The SMILES string of the molecule is C=C(O)c1ccc(/C=C\C2=CC=CC2)cc1. The molecule has 0 bridgehead atoms. The van der Waals surface area contributed by atoms with Crippen molar-refractivity contribution in [1.29, 1.82) is 0 Å². The highest BCUT2D eigenvalue weighted by molar-refractivity contribution is 5.60. The van der Waals surface area contributed by atoms with Gasteiger partial charge in [0.05, 0.1) is 0 Å². The van der Waals surface area contributed by atoms with Gasteiger partial charge in [-0.3, -0.25) is 0 Å². The number of hydrogen-bond acceptors (Lipinski definition) is 1. The molecule has 0 fully saturated rings. The van der Waals surface area contributed by atoms with Gasteiger partial charge in [0.2, 0.25) is 0 Å². The highest BCUT2D eigenvalue weighted by Crippen LogP contribution is 2.15. The van der Waals surface area contributed by atoms with Gasteiger partial charge in [-0.25, -0.2) is 0 Å². The van der Waals surface area contributed by atoms with Gasteiger partial charge in [0.1, 0.15) is 5.76 Å². The maximum Gasteiger partial charge on any atom is 0.115 e. The molecule has 1 nitrogen and oxygen atoms in total. The normalized spacial score (nSPS) is 14.4. The Bertz CT molecular complexity index is 473. The summed E-state index contributed by atoms with van der Waals surface area (Å²) in [6.07, 6.45) is 11.5. The molecule has 1 aliphatic rings. The molecule has 1 aromatic rings. The average Bonchev–Trinajstić information content (AvgIpc) is 2.80. The Kier molecular flexibility index (Phi) is 3.06. The molecule has 0 unspecified atom stereocenters. The van der Waals surface area contributed by atoms with E-state index in [2.05, 4.69) is 37.0 Å². The van der Waals surface area contributed by atoms with Crippen molar-refractivity contribution in [2.75, 3.05) is 0 Å². The first kappa shape index (κ1) is 10.5. The zero-order valence-electron chi connectivity index (χ0n) is 9.06. The number of allylic oxidation sites excluding steroid dienone is 5. The largest absolute Gasteiger partial charge is 0.508 e. The molecule has 0 radical (unpaired) electrons. The summed E-state index contributed by atoms with van der Waals surface area (Å²) in [7, 11) is 0. The van der Waals surface area contributed by atoms with Crippen molar-refractivity contribution < 1.29 is 5.11 Å². The minimum Gasteiger partial charge on any atom is -0.508 e. The van der Waals surface area contributed by atoms with Crippen LogP contribution in [-0.2, 0) is 0 Å². The monoisotopic (exact) mass is 210 g/mol. The maximum atomic E-state index is 9.19. The van der Waals surface area contributed by atoms with Gasteiger partial charge >= 0.3 is 0 Å². The molecule has 0 spiro atoms. The molecule has 16 heavy (non-hydrogen) atoms. The Hall–Kier alpha value is -2.02. The van der Waals surface area contributed by atoms with E-state index in [1.807, 2.05) is 24.3 Å². The number of aliphatic hydroxyl groups is 1. The van der Waals surface area contributed by atoms with Gasteiger partial charge in [0.15, 0.2) is 0 Å². The predicted molar refractivity (Wildman–Crippen MR) is 69.0 cm³/mol. The third kappa shape index (κ3) is 2.51. The smallest absolute Gasteiger partial charge is 0.115 e. The topological polar surface area (TPSA) is 20.2 Å². The van der Waals surface area contributed by atoms with Gasteiger partial charge in [0, 0.05) is 5.56 Å². The fourth-order valence-electron chi connectivity index (χ4n) is 1.58. The van der Waals surface area contributed by atoms with Gasteiger partial charge in [-0.15, -0.1) is 0 Å². The van der Waals surface area contributed by atoms with Crippen LogP contribution >= 0.6 is 0 Å². The van der Waals surface area contributed by atoms with Crippen LogP contribution in [0.4, 0.5) is 0 Å². The predicted octanol–water partition coefficient (Wildman–Crippen LogP) is 4.11. The summed E-state index contributed by atoms with van der Waals surface area (Å²) in [6.45, 7) is 3.48. The molecule has 0 aliphatic heterocycles. The quantitative estimate of drug-likeness (QED) is 0.744.